The number of benzene rings is 6. The van der Waals surface area contributed by atoms with E-state index >= 15 is 0 Å². The summed E-state index contributed by atoms with van der Waals surface area (Å²) in [5.74, 6) is 0. The third kappa shape index (κ3) is 8.42. The summed E-state index contributed by atoms with van der Waals surface area (Å²) in [6.07, 6.45) is 3.64. The van der Waals surface area contributed by atoms with E-state index in [-0.39, 0.29) is 20.1 Å². The smallest absolute Gasteiger partial charge is 0.0778 e. The summed E-state index contributed by atoms with van der Waals surface area (Å²) in [5, 5.41) is 1.12. The zero-order valence-electron chi connectivity index (χ0n) is 30.6. The normalized spacial score (nSPS) is 10.6. The van der Waals surface area contributed by atoms with Gasteiger partial charge in [0, 0.05) is 43.4 Å². The van der Waals surface area contributed by atoms with Gasteiger partial charge in [0.05, 0.1) is 11.2 Å². The first kappa shape index (κ1) is 37.0. The largest absolute Gasteiger partial charge is 0.305 e. The maximum atomic E-state index is 5.30. The Hall–Kier alpha value is -6.32. The van der Waals surface area contributed by atoms with Gasteiger partial charge in [-0.15, -0.1) is 65.7 Å². The van der Waals surface area contributed by atoms with Gasteiger partial charge in [-0.2, -0.15) is 0 Å². The van der Waals surface area contributed by atoms with E-state index in [0.717, 1.165) is 55.8 Å². The van der Waals surface area contributed by atoms with E-state index in [4.69, 9.17) is 4.98 Å². The second-order valence-electron chi connectivity index (χ2n) is 13.2. The van der Waals surface area contributed by atoms with Gasteiger partial charge < -0.3 is 9.97 Å². The molecule has 0 aliphatic carbocycles. The van der Waals surface area contributed by atoms with Crippen molar-refractivity contribution >= 4 is 10.9 Å². The zero-order chi connectivity index (χ0) is 36.7. The Balaban J connectivity index is 0.000000281. The van der Waals surface area contributed by atoms with Gasteiger partial charge in [-0.05, 0) is 77.3 Å². The number of aromatic nitrogens is 3. The molecule has 3 aromatic heterocycles. The van der Waals surface area contributed by atoms with Crippen molar-refractivity contribution in [3.63, 3.8) is 0 Å². The molecule has 0 N–H and O–H groups in total. The number of hydrogen-bond acceptors (Lipinski definition) is 3. The number of nitrogens with zero attached hydrogens (tertiary/aromatic N) is 3. The van der Waals surface area contributed by atoms with Crippen molar-refractivity contribution in [3.8, 4) is 67.2 Å². The number of pyridine rings is 3. The number of rotatable bonds is 6. The molecule has 9 aromatic rings. The molecule has 0 amide bonds. The number of hydrogen-bond donors (Lipinski definition) is 0. The Morgan fingerprint density at radius 3 is 1.84 bits per heavy atom. The van der Waals surface area contributed by atoms with Crippen LogP contribution in [0.25, 0.3) is 78.1 Å². The summed E-state index contributed by atoms with van der Waals surface area (Å²) >= 11 is 0. The van der Waals surface area contributed by atoms with E-state index in [1.54, 1.807) is 0 Å². The monoisotopic (exact) mass is 884 g/mol. The molecule has 4 heteroatoms. The standard InChI is InChI=1S/C39H27N2.C12H10N.Ir/c1-27-18-19-34(36(25-27)28-11-4-2-5-12-28)33-21-20-32(30-15-10-16-31(26-30)37-17-8-9-24-40-37)39-35(33)22-23-38(41-39)29-13-6-3-7-14-29;1-10-7-8-13-12(9-10)11-5-3-2-4-6-11;/h2-15,17-26H,1H3;2-5,7-9H,1H3;/q2*-1;. The first-order valence-electron chi connectivity index (χ1n) is 18.1. The van der Waals surface area contributed by atoms with Crippen molar-refractivity contribution in [3.05, 3.63) is 212 Å². The van der Waals surface area contributed by atoms with Crippen molar-refractivity contribution in [1.29, 1.82) is 0 Å². The zero-order valence-corrected chi connectivity index (χ0v) is 33.0. The average Bonchev–Trinajstić information content (AvgIpc) is 3.25. The average molecular weight is 884 g/mol. The first-order chi connectivity index (χ1) is 26.6. The number of fused-ring (bicyclic) bond motifs is 1. The van der Waals surface area contributed by atoms with Crippen LogP contribution in [0.15, 0.2) is 188 Å². The van der Waals surface area contributed by atoms with Gasteiger partial charge in [0.25, 0.3) is 0 Å². The molecule has 0 aliphatic rings. The third-order valence-corrected chi connectivity index (χ3v) is 9.43. The van der Waals surface area contributed by atoms with Crippen LogP contribution in [0.4, 0.5) is 0 Å². The van der Waals surface area contributed by atoms with Crippen molar-refractivity contribution < 1.29 is 20.1 Å². The van der Waals surface area contributed by atoms with Gasteiger partial charge in [0.2, 0.25) is 0 Å². The van der Waals surface area contributed by atoms with Gasteiger partial charge >= 0.3 is 0 Å². The fourth-order valence-electron chi connectivity index (χ4n) is 6.74. The van der Waals surface area contributed by atoms with Crippen LogP contribution < -0.4 is 0 Å². The predicted octanol–water partition coefficient (Wildman–Crippen LogP) is 12.9. The molecule has 0 atom stereocenters. The molecule has 6 aromatic carbocycles. The Morgan fingerprint density at radius 2 is 1.09 bits per heavy atom. The van der Waals surface area contributed by atoms with Gasteiger partial charge in [-0.3, -0.25) is 0 Å². The molecule has 3 nitrogen and oxygen atoms in total. The predicted molar refractivity (Wildman–Crippen MR) is 224 cm³/mol. The van der Waals surface area contributed by atoms with E-state index in [1.165, 1.54) is 33.4 Å². The van der Waals surface area contributed by atoms with Crippen LogP contribution in [0.2, 0.25) is 0 Å². The van der Waals surface area contributed by atoms with Crippen molar-refractivity contribution in [2.24, 2.45) is 0 Å². The van der Waals surface area contributed by atoms with Crippen LogP contribution in [-0.2, 0) is 20.1 Å². The van der Waals surface area contributed by atoms with E-state index in [1.807, 2.05) is 73.1 Å². The maximum Gasteiger partial charge on any atom is 0.0778 e. The maximum absolute atomic E-state index is 5.30. The Kier molecular flexibility index (Phi) is 11.6. The molecule has 9 rings (SSSR count). The topological polar surface area (TPSA) is 38.7 Å². The minimum absolute atomic E-state index is 0. The fourth-order valence-corrected chi connectivity index (χ4v) is 6.74. The fraction of sp³-hybridized carbons (Fsp3) is 0.0392. The van der Waals surface area contributed by atoms with Crippen LogP contribution in [0.5, 0.6) is 0 Å². The van der Waals surface area contributed by atoms with E-state index in [9.17, 15) is 0 Å². The molecule has 0 unspecified atom stereocenters. The van der Waals surface area contributed by atoms with Crippen molar-refractivity contribution in [1.82, 2.24) is 15.0 Å². The minimum Gasteiger partial charge on any atom is -0.305 e. The molecule has 0 saturated carbocycles. The number of aryl methyl sites for hydroxylation is 2. The second-order valence-corrected chi connectivity index (χ2v) is 13.2. The van der Waals surface area contributed by atoms with E-state index in [2.05, 4.69) is 151 Å². The summed E-state index contributed by atoms with van der Waals surface area (Å²) in [7, 11) is 0. The molecule has 0 spiro atoms. The van der Waals surface area contributed by atoms with Gasteiger partial charge in [0.15, 0.2) is 0 Å². The van der Waals surface area contributed by atoms with E-state index in [0.29, 0.717) is 0 Å². The van der Waals surface area contributed by atoms with Crippen LogP contribution in [0, 0.1) is 26.0 Å². The van der Waals surface area contributed by atoms with Gasteiger partial charge in [0.1, 0.15) is 0 Å². The SMILES string of the molecule is Cc1ccc(-c2ccc(-c3cc[c-]c(-c4ccccn4)c3)c3nc(-c4ccccc4)ccc23)c(-c2ccccc2)c1.Cc1ccnc(-c2[c-]cccc2)c1.[Ir]. The Labute approximate surface area is 336 Å². The molecule has 0 fully saturated rings. The molecular formula is C51H37IrN3-2. The summed E-state index contributed by atoms with van der Waals surface area (Å²) in [6, 6.07) is 67.2. The molecule has 0 saturated heterocycles. The van der Waals surface area contributed by atoms with E-state index < -0.39 is 0 Å². The third-order valence-electron chi connectivity index (χ3n) is 9.43. The molecule has 3 heterocycles. The van der Waals surface area contributed by atoms with Crippen LogP contribution >= 0.6 is 0 Å². The minimum atomic E-state index is 0. The molecule has 55 heavy (non-hydrogen) atoms. The quantitative estimate of drug-likeness (QED) is 0.156. The molecule has 0 aliphatic heterocycles. The van der Waals surface area contributed by atoms with Crippen molar-refractivity contribution in [2.75, 3.05) is 0 Å². The Bertz CT molecular complexity index is 2660. The van der Waals surface area contributed by atoms with Gasteiger partial charge in [-0.1, -0.05) is 126 Å². The molecular weight excluding hydrogens is 847 g/mol. The summed E-state index contributed by atoms with van der Waals surface area (Å²) in [6.45, 7) is 4.21. The molecule has 267 valence electrons. The second kappa shape index (κ2) is 17.2. The molecule has 1 radical (unpaired) electrons. The molecule has 0 bridgehead atoms. The summed E-state index contributed by atoms with van der Waals surface area (Å²) in [5.41, 5.74) is 16.4. The van der Waals surface area contributed by atoms with Gasteiger partial charge in [-0.25, -0.2) is 4.98 Å². The summed E-state index contributed by atoms with van der Waals surface area (Å²) in [4.78, 5) is 14.1. The van der Waals surface area contributed by atoms with Crippen LogP contribution in [0.3, 0.4) is 0 Å². The Morgan fingerprint density at radius 1 is 0.400 bits per heavy atom. The van der Waals surface area contributed by atoms with Crippen LogP contribution in [0.1, 0.15) is 11.1 Å². The summed E-state index contributed by atoms with van der Waals surface area (Å²) < 4.78 is 0. The van der Waals surface area contributed by atoms with Crippen molar-refractivity contribution in [2.45, 2.75) is 13.8 Å². The first-order valence-corrected chi connectivity index (χ1v) is 18.1. The van der Waals surface area contributed by atoms with Crippen LogP contribution in [-0.4, -0.2) is 15.0 Å².